The monoisotopic (exact) mass is 529 g/mol. The Morgan fingerprint density at radius 1 is 1.08 bits per heavy atom. The molecule has 2 aromatic carbocycles. The Kier molecular flexibility index (Phi) is 9.60. The van der Waals surface area contributed by atoms with E-state index in [1.165, 1.54) is 29.2 Å². The van der Waals surface area contributed by atoms with Gasteiger partial charge in [-0.1, -0.05) is 0 Å². The number of hydrogen-bond donors (Lipinski definition) is 1. The topological polar surface area (TPSA) is 86.5 Å². The molecule has 1 unspecified atom stereocenters. The molecule has 1 amide bonds. The van der Waals surface area contributed by atoms with Crippen LogP contribution in [0.4, 0.5) is 20.4 Å². The minimum Gasteiger partial charge on any atom is -0.440 e. The summed E-state index contributed by atoms with van der Waals surface area (Å²) in [7, 11) is 3.22. The molecule has 1 aromatic heterocycles. The third kappa shape index (κ3) is 6.20. The van der Waals surface area contributed by atoms with Gasteiger partial charge in [0.25, 0.3) is 5.91 Å². The van der Waals surface area contributed by atoms with E-state index in [1.807, 2.05) is 4.90 Å². The van der Waals surface area contributed by atoms with E-state index in [0.717, 1.165) is 6.07 Å². The van der Waals surface area contributed by atoms with Gasteiger partial charge in [0.2, 0.25) is 0 Å². The number of anilines is 2. The Hall–Kier alpha value is -3.76. The van der Waals surface area contributed by atoms with Gasteiger partial charge in [0.05, 0.1) is 31.2 Å². The Bertz CT molecular complexity index is 1320. The first-order chi connectivity index (χ1) is 18.2. The average molecular weight is 530 g/mol. The normalized spacial score (nSPS) is 14.0. The second-order valence-electron chi connectivity index (χ2n) is 8.86. The Balaban J connectivity index is 0.00000195. The minimum absolute atomic E-state index is 0.120. The van der Waals surface area contributed by atoms with E-state index in [0.29, 0.717) is 43.3 Å². The summed E-state index contributed by atoms with van der Waals surface area (Å²) < 4.78 is 39.5. The van der Waals surface area contributed by atoms with Crippen molar-refractivity contribution in [1.82, 2.24) is 4.90 Å². The summed E-state index contributed by atoms with van der Waals surface area (Å²) in [6.07, 6.45) is 0. The van der Waals surface area contributed by atoms with E-state index in [-0.39, 0.29) is 41.1 Å². The SMILES string of the molecule is C=C.CC(c1cc(C(=O)N(C)CCO)cc2c(=O)cc(N3CCOCC3)oc12)N(C)c1cc(F)cc(F)c1. The number of likely N-dealkylation sites (N-methyl/N-ethyl adjacent to an activating group) is 1. The fourth-order valence-electron chi connectivity index (χ4n) is 4.29. The van der Waals surface area contributed by atoms with Crippen LogP contribution in [0.15, 0.2) is 58.8 Å². The smallest absolute Gasteiger partial charge is 0.253 e. The molecule has 1 N–H and O–H groups in total. The molecule has 204 valence electrons. The van der Waals surface area contributed by atoms with E-state index >= 15 is 0 Å². The number of aliphatic hydroxyl groups excluding tert-OH is 1. The van der Waals surface area contributed by atoms with Gasteiger partial charge in [-0.3, -0.25) is 9.59 Å². The fraction of sp³-hybridized carbons (Fsp3) is 0.357. The first kappa shape index (κ1) is 28.8. The molecule has 8 nitrogen and oxygen atoms in total. The highest BCUT2D eigenvalue weighted by molar-refractivity contribution is 5.98. The van der Waals surface area contributed by atoms with Crippen molar-refractivity contribution in [3.05, 3.63) is 82.5 Å². The van der Waals surface area contributed by atoms with Crippen LogP contribution >= 0.6 is 0 Å². The summed E-state index contributed by atoms with van der Waals surface area (Å²) in [5.74, 6) is -1.43. The Labute approximate surface area is 220 Å². The predicted molar refractivity (Wildman–Crippen MR) is 144 cm³/mol. The predicted octanol–water partition coefficient (Wildman–Crippen LogP) is 3.97. The molecule has 0 bridgehead atoms. The number of morpholine rings is 1. The standard InChI is InChI=1S/C26H29F2N3O5.C2H4/c1-16(30(3)20-13-18(27)12-19(28)14-20)21-10-17(26(34)29(2)4-7-32)11-22-23(33)15-24(36-25(21)22)31-5-8-35-9-6-31;1-2/h10-16,32H,4-9H2,1-3H3;1-2H2. The first-order valence-electron chi connectivity index (χ1n) is 12.2. The van der Waals surface area contributed by atoms with Crippen LogP contribution < -0.4 is 15.2 Å². The summed E-state index contributed by atoms with van der Waals surface area (Å²) in [4.78, 5) is 31.2. The maximum atomic E-state index is 13.9. The van der Waals surface area contributed by atoms with E-state index in [4.69, 9.17) is 9.15 Å². The van der Waals surface area contributed by atoms with Gasteiger partial charge in [0.1, 0.15) is 17.2 Å². The van der Waals surface area contributed by atoms with Crippen molar-refractivity contribution < 1.29 is 27.8 Å². The van der Waals surface area contributed by atoms with Crippen LogP contribution in [0.2, 0.25) is 0 Å². The van der Waals surface area contributed by atoms with Gasteiger partial charge in [-0.2, -0.15) is 0 Å². The van der Waals surface area contributed by atoms with Crippen LogP contribution in [0.1, 0.15) is 28.9 Å². The van der Waals surface area contributed by atoms with Crippen molar-refractivity contribution >= 4 is 28.4 Å². The number of benzene rings is 2. The van der Waals surface area contributed by atoms with Crippen molar-refractivity contribution in [1.29, 1.82) is 0 Å². The highest BCUT2D eigenvalue weighted by Gasteiger charge is 2.24. The molecule has 2 heterocycles. The number of aliphatic hydroxyl groups is 1. The summed E-state index contributed by atoms with van der Waals surface area (Å²) in [5.41, 5.74) is 1.01. The summed E-state index contributed by atoms with van der Waals surface area (Å²) in [6, 6.07) is 7.19. The molecule has 1 aliphatic heterocycles. The molecule has 10 heteroatoms. The number of halogens is 2. The highest BCUT2D eigenvalue weighted by Crippen LogP contribution is 2.33. The lowest BCUT2D eigenvalue weighted by Crippen LogP contribution is -2.36. The van der Waals surface area contributed by atoms with Crippen LogP contribution in [0.3, 0.4) is 0 Å². The Morgan fingerprint density at radius 2 is 1.71 bits per heavy atom. The van der Waals surface area contributed by atoms with Gasteiger partial charge in [-0.25, -0.2) is 8.78 Å². The van der Waals surface area contributed by atoms with Gasteiger partial charge < -0.3 is 29.0 Å². The number of ether oxygens (including phenoxy) is 1. The molecule has 1 aliphatic rings. The summed E-state index contributed by atoms with van der Waals surface area (Å²) in [5, 5.41) is 9.47. The highest BCUT2D eigenvalue weighted by atomic mass is 19.1. The lowest BCUT2D eigenvalue weighted by atomic mass is 9.99. The number of amides is 1. The lowest BCUT2D eigenvalue weighted by Gasteiger charge is -2.30. The number of rotatable bonds is 7. The molecule has 38 heavy (non-hydrogen) atoms. The van der Waals surface area contributed by atoms with Crippen molar-refractivity contribution in [3.63, 3.8) is 0 Å². The number of hydrogen-bond acceptors (Lipinski definition) is 7. The third-order valence-electron chi connectivity index (χ3n) is 6.48. The molecule has 0 aliphatic carbocycles. The molecule has 0 radical (unpaired) electrons. The second-order valence-corrected chi connectivity index (χ2v) is 8.86. The van der Waals surface area contributed by atoms with Gasteiger partial charge in [-0.15, -0.1) is 13.2 Å². The molecular formula is C28H33F2N3O5. The van der Waals surface area contributed by atoms with Gasteiger partial charge >= 0.3 is 0 Å². The number of nitrogens with zero attached hydrogens (tertiary/aromatic N) is 3. The van der Waals surface area contributed by atoms with E-state index in [1.54, 1.807) is 32.0 Å². The van der Waals surface area contributed by atoms with Crippen molar-refractivity contribution in [2.75, 3.05) is 63.4 Å². The van der Waals surface area contributed by atoms with E-state index < -0.39 is 17.7 Å². The zero-order valence-corrected chi connectivity index (χ0v) is 21.9. The summed E-state index contributed by atoms with van der Waals surface area (Å²) >= 11 is 0. The average Bonchev–Trinajstić information content (AvgIpc) is 2.92. The molecule has 1 atom stereocenters. The molecule has 1 saturated heterocycles. The molecule has 4 rings (SSSR count). The van der Waals surface area contributed by atoms with E-state index in [9.17, 15) is 23.5 Å². The molecule has 0 saturated carbocycles. The fourth-order valence-corrected chi connectivity index (χ4v) is 4.29. The first-order valence-corrected chi connectivity index (χ1v) is 12.2. The zero-order chi connectivity index (χ0) is 28.0. The molecule has 3 aromatic rings. The van der Waals surface area contributed by atoms with Crippen molar-refractivity contribution in [3.8, 4) is 0 Å². The number of fused-ring (bicyclic) bond motifs is 1. The van der Waals surface area contributed by atoms with Crippen molar-refractivity contribution in [2.24, 2.45) is 0 Å². The number of carbonyl (C=O) groups excluding carboxylic acids is 1. The van der Waals surface area contributed by atoms with Gasteiger partial charge in [0.15, 0.2) is 11.3 Å². The van der Waals surface area contributed by atoms with Crippen LogP contribution in [0.25, 0.3) is 11.0 Å². The maximum absolute atomic E-state index is 13.9. The number of carbonyl (C=O) groups is 1. The molecule has 0 spiro atoms. The quantitative estimate of drug-likeness (QED) is 0.464. The van der Waals surface area contributed by atoms with Gasteiger partial charge in [-0.05, 0) is 31.2 Å². The van der Waals surface area contributed by atoms with E-state index in [2.05, 4.69) is 13.2 Å². The van der Waals surface area contributed by atoms with Gasteiger partial charge in [0, 0.05) is 62.7 Å². The van der Waals surface area contributed by atoms with Crippen molar-refractivity contribution in [2.45, 2.75) is 13.0 Å². The molecular weight excluding hydrogens is 496 g/mol. The summed E-state index contributed by atoms with van der Waals surface area (Å²) in [6.45, 7) is 9.83. The van der Waals surface area contributed by atoms with Crippen LogP contribution in [0, 0.1) is 11.6 Å². The lowest BCUT2D eigenvalue weighted by molar-refractivity contribution is 0.0767. The largest absolute Gasteiger partial charge is 0.440 e. The van der Waals surface area contributed by atoms with Crippen LogP contribution in [0.5, 0.6) is 0 Å². The van der Waals surface area contributed by atoms with Crippen LogP contribution in [-0.2, 0) is 4.74 Å². The molecule has 1 fully saturated rings. The third-order valence-corrected chi connectivity index (χ3v) is 6.48. The maximum Gasteiger partial charge on any atom is 0.253 e. The minimum atomic E-state index is -0.718. The Morgan fingerprint density at radius 3 is 2.32 bits per heavy atom. The second kappa shape index (κ2) is 12.7. The van der Waals surface area contributed by atoms with Crippen LogP contribution in [-0.4, -0.2) is 69.5 Å². The zero-order valence-electron chi connectivity index (χ0n) is 21.9.